The van der Waals surface area contributed by atoms with E-state index in [2.05, 4.69) is 14.4 Å². The van der Waals surface area contributed by atoms with Crippen molar-refractivity contribution in [1.29, 1.82) is 0 Å². The summed E-state index contributed by atoms with van der Waals surface area (Å²) < 4.78 is 2.06. The van der Waals surface area contributed by atoms with E-state index < -0.39 is 0 Å². The molecule has 96 valence electrons. The molecule has 0 aliphatic rings. The minimum Gasteiger partial charge on any atom is -0.296 e. The fraction of sp³-hybridized carbons (Fsp3) is 0. The zero-order valence-corrected chi connectivity index (χ0v) is 11.2. The van der Waals surface area contributed by atoms with Crippen LogP contribution in [0.2, 0.25) is 5.02 Å². The zero-order valence-electron chi connectivity index (χ0n) is 10.5. The van der Waals surface area contributed by atoms with Gasteiger partial charge in [-0.15, -0.1) is 0 Å². The van der Waals surface area contributed by atoms with Crippen molar-refractivity contribution < 1.29 is 0 Å². The summed E-state index contributed by atoms with van der Waals surface area (Å²) in [5.41, 5.74) is 4.81. The minimum absolute atomic E-state index is 0.727. The van der Waals surface area contributed by atoms with Crippen molar-refractivity contribution in [1.82, 2.24) is 14.4 Å². The number of aromatic nitrogens is 3. The average Bonchev–Trinajstić information content (AvgIpc) is 2.92. The Morgan fingerprint density at radius 1 is 0.950 bits per heavy atom. The molecule has 0 saturated carbocycles. The molecular weight excluding hydrogens is 270 g/mol. The summed E-state index contributed by atoms with van der Waals surface area (Å²) in [6, 6.07) is 15.7. The van der Waals surface area contributed by atoms with E-state index in [1.54, 1.807) is 6.20 Å². The molecule has 0 radical (unpaired) electrons. The summed E-state index contributed by atoms with van der Waals surface area (Å²) >= 11 is 5.92. The summed E-state index contributed by atoms with van der Waals surface area (Å²) in [7, 11) is 0. The van der Waals surface area contributed by atoms with Crippen molar-refractivity contribution in [3.05, 3.63) is 65.9 Å². The van der Waals surface area contributed by atoms with Gasteiger partial charge in [-0.05, 0) is 24.3 Å². The van der Waals surface area contributed by atoms with Crippen LogP contribution >= 0.6 is 11.6 Å². The second-order valence-electron chi connectivity index (χ2n) is 4.61. The summed E-state index contributed by atoms with van der Waals surface area (Å²) in [5.74, 6) is 0. The van der Waals surface area contributed by atoms with Crippen LogP contribution in [0.25, 0.3) is 27.9 Å². The predicted molar refractivity (Wildman–Crippen MR) is 80.9 cm³/mol. The second-order valence-corrected chi connectivity index (χ2v) is 5.04. The van der Waals surface area contributed by atoms with E-state index in [-0.39, 0.29) is 0 Å². The molecule has 2 aromatic carbocycles. The number of imidazole rings is 1. The van der Waals surface area contributed by atoms with Crippen LogP contribution in [-0.4, -0.2) is 14.4 Å². The molecular formula is C16H10ClN3. The van der Waals surface area contributed by atoms with Crippen LogP contribution in [0, 0.1) is 0 Å². The summed E-state index contributed by atoms with van der Waals surface area (Å²) in [4.78, 5) is 9.05. The molecule has 0 N–H and O–H groups in total. The van der Waals surface area contributed by atoms with Crippen LogP contribution < -0.4 is 0 Å². The van der Waals surface area contributed by atoms with Gasteiger partial charge in [-0.2, -0.15) is 0 Å². The monoisotopic (exact) mass is 279 g/mol. The SMILES string of the molecule is Clc1ccc(-c2cn3c(cnc4ccccc43)n2)cc1. The van der Waals surface area contributed by atoms with E-state index in [9.17, 15) is 0 Å². The Morgan fingerprint density at radius 2 is 1.75 bits per heavy atom. The molecule has 0 bridgehead atoms. The Hall–Kier alpha value is -2.39. The normalized spacial score (nSPS) is 11.2. The van der Waals surface area contributed by atoms with Gasteiger partial charge < -0.3 is 0 Å². The molecule has 4 aromatic rings. The quantitative estimate of drug-likeness (QED) is 0.523. The highest BCUT2D eigenvalue weighted by atomic mass is 35.5. The van der Waals surface area contributed by atoms with Crippen molar-refractivity contribution in [2.24, 2.45) is 0 Å². The molecule has 0 unspecified atom stereocenters. The van der Waals surface area contributed by atoms with E-state index in [0.29, 0.717) is 0 Å². The number of para-hydroxylation sites is 2. The van der Waals surface area contributed by atoms with E-state index >= 15 is 0 Å². The molecule has 0 amide bonds. The maximum absolute atomic E-state index is 5.92. The third-order valence-corrected chi connectivity index (χ3v) is 3.59. The molecule has 2 heterocycles. The molecule has 0 spiro atoms. The summed E-state index contributed by atoms with van der Waals surface area (Å²) in [6.07, 6.45) is 3.82. The molecule has 4 heteroatoms. The Labute approximate surface area is 120 Å². The zero-order chi connectivity index (χ0) is 13.5. The lowest BCUT2D eigenvalue weighted by Gasteiger charge is -1.99. The maximum atomic E-state index is 5.92. The lowest BCUT2D eigenvalue weighted by atomic mass is 10.2. The van der Waals surface area contributed by atoms with Crippen LogP contribution in [0.15, 0.2) is 60.9 Å². The number of halogens is 1. The highest BCUT2D eigenvalue weighted by Gasteiger charge is 2.07. The van der Waals surface area contributed by atoms with Crippen molar-refractivity contribution in [2.75, 3.05) is 0 Å². The molecule has 0 aliphatic heterocycles. The molecule has 0 atom stereocenters. The van der Waals surface area contributed by atoms with Crippen molar-refractivity contribution in [3.63, 3.8) is 0 Å². The maximum Gasteiger partial charge on any atom is 0.156 e. The highest BCUT2D eigenvalue weighted by molar-refractivity contribution is 6.30. The summed E-state index contributed by atoms with van der Waals surface area (Å²) in [6.45, 7) is 0. The van der Waals surface area contributed by atoms with Crippen molar-refractivity contribution in [3.8, 4) is 11.3 Å². The minimum atomic E-state index is 0.727. The van der Waals surface area contributed by atoms with Gasteiger partial charge in [0.05, 0.1) is 22.9 Å². The Bertz CT molecular complexity index is 910. The highest BCUT2D eigenvalue weighted by Crippen LogP contribution is 2.23. The Kier molecular flexibility index (Phi) is 2.47. The number of hydrogen-bond acceptors (Lipinski definition) is 2. The van der Waals surface area contributed by atoms with Gasteiger partial charge in [0.15, 0.2) is 5.65 Å². The lowest BCUT2D eigenvalue weighted by molar-refractivity contribution is 1.21. The van der Waals surface area contributed by atoms with Crippen LogP contribution in [-0.2, 0) is 0 Å². The van der Waals surface area contributed by atoms with Gasteiger partial charge in [-0.25, -0.2) is 4.98 Å². The van der Waals surface area contributed by atoms with E-state index in [0.717, 1.165) is 33.0 Å². The number of benzene rings is 2. The van der Waals surface area contributed by atoms with Gasteiger partial charge in [0.1, 0.15) is 0 Å². The van der Waals surface area contributed by atoms with Crippen molar-refractivity contribution >= 4 is 28.3 Å². The fourth-order valence-electron chi connectivity index (χ4n) is 2.34. The predicted octanol–water partition coefficient (Wildman–Crippen LogP) is 4.20. The lowest BCUT2D eigenvalue weighted by Crippen LogP contribution is -1.88. The van der Waals surface area contributed by atoms with E-state index in [4.69, 9.17) is 11.6 Å². The molecule has 2 aromatic heterocycles. The first kappa shape index (κ1) is 11.4. The average molecular weight is 280 g/mol. The van der Waals surface area contributed by atoms with Crippen LogP contribution in [0.5, 0.6) is 0 Å². The van der Waals surface area contributed by atoms with Crippen LogP contribution in [0.4, 0.5) is 0 Å². The largest absolute Gasteiger partial charge is 0.296 e. The second kappa shape index (κ2) is 4.32. The first-order chi connectivity index (χ1) is 9.81. The van der Waals surface area contributed by atoms with E-state index in [1.165, 1.54) is 0 Å². The van der Waals surface area contributed by atoms with Crippen LogP contribution in [0.3, 0.4) is 0 Å². The number of fused-ring (bicyclic) bond motifs is 3. The fourth-order valence-corrected chi connectivity index (χ4v) is 2.47. The standard InChI is InChI=1S/C16H10ClN3/c17-12-7-5-11(6-8-12)14-10-20-15-4-2-1-3-13(15)18-9-16(20)19-14/h1-10H. The van der Waals surface area contributed by atoms with Gasteiger partial charge in [0, 0.05) is 16.8 Å². The van der Waals surface area contributed by atoms with Crippen LogP contribution in [0.1, 0.15) is 0 Å². The summed E-state index contributed by atoms with van der Waals surface area (Å²) in [5, 5.41) is 0.727. The van der Waals surface area contributed by atoms with E-state index in [1.807, 2.05) is 54.7 Å². The third kappa shape index (κ3) is 1.75. The third-order valence-electron chi connectivity index (χ3n) is 3.33. The smallest absolute Gasteiger partial charge is 0.156 e. The first-order valence-corrected chi connectivity index (χ1v) is 6.68. The molecule has 0 saturated heterocycles. The molecule has 0 aliphatic carbocycles. The number of rotatable bonds is 1. The molecule has 0 fully saturated rings. The Morgan fingerprint density at radius 3 is 2.60 bits per heavy atom. The number of hydrogen-bond donors (Lipinski definition) is 0. The van der Waals surface area contributed by atoms with Gasteiger partial charge in [-0.3, -0.25) is 9.38 Å². The van der Waals surface area contributed by atoms with Gasteiger partial charge >= 0.3 is 0 Å². The van der Waals surface area contributed by atoms with Gasteiger partial charge in [0.2, 0.25) is 0 Å². The van der Waals surface area contributed by atoms with Crippen molar-refractivity contribution in [2.45, 2.75) is 0 Å². The topological polar surface area (TPSA) is 30.2 Å². The molecule has 20 heavy (non-hydrogen) atoms. The van der Waals surface area contributed by atoms with Gasteiger partial charge in [0.25, 0.3) is 0 Å². The van der Waals surface area contributed by atoms with Gasteiger partial charge in [-0.1, -0.05) is 35.9 Å². The Balaban J connectivity index is 1.98. The first-order valence-electron chi connectivity index (χ1n) is 6.30. The number of nitrogens with zero attached hydrogens (tertiary/aromatic N) is 3. The molecule has 3 nitrogen and oxygen atoms in total. The molecule has 4 rings (SSSR count).